The highest BCUT2D eigenvalue weighted by atomic mass is 32.1. The summed E-state index contributed by atoms with van der Waals surface area (Å²) in [5.41, 5.74) is 10.4. The Morgan fingerprint density at radius 2 is 1.11 bits per heavy atom. The number of thiophene rings is 1. The van der Waals surface area contributed by atoms with Crippen molar-refractivity contribution in [2.24, 2.45) is 0 Å². The molecule has 6 aromatic carbocycles. The standard InChI is InChI=1S/C41H26N4S/c1-3-13-27(14-4-1)37-39-38(33-21-7-10-24-36(33)46-39)44-40(43-37)30-17-11-15-28(25-30)29-16-12-18-31(26-29)41-42-34-22-8-9-23-35(34)45(41)32-19-5-2-6-20-32/h1-26H. The zero-order valence-corrected chi connectivity index (χ0v) is 25.5. The van der Waals surface area contributed by atoms with Crippen LogP contribution in [0.4, 0.5) is 0 Å². The topological polar surface area (TPSA) is 43.6 Å². The molecule has 4 nitrogen and oxygen atoms in total. The van der Waals surface area contributed by atoms with Crippen molar-refractivity contribution >= 4 is 42.7 Å². The Morgan fingerprint density at radius 1 is 0.478 bits per heavy atom. The number of rotatable bonds is 5. The van der Waals surface area contributed by atoms with Crippen molar-refractivity contribution in [1.82, 2.24) is 19.5 Å². The molecule has 9 aromatic rings. The minimum absolute atomic E-state index is 0.721. The molecule has 0 aliphatic carbocycles. The molecule has 9 rings (SSSR count). The average molecular weight is 607 g/mol. The van der Waals surface area contributed by atoms with Crippen molar-refractivity contribution in [3.63, 3.8) is 0 Å². The van der Waals surface area contributed by atoms with E-state index in [1.165, 1.54) is 4.70 Å². The molecule has 216 valence electrons. The molecule has 0 aliphatic rings. The van der Waals surface area contributed by atoms with Crippen molar-refractivity contribution in [2.45, 2.75) is 0 Å². The number of imidazole rings is 1. The molecule has 3 heterocycles. The Hall–Kier alpha value is -5.91. The third-order valence-corrected chi connectivity index (χ3v) is 9.58. The van der Waals surface area contributed by atoms with Crippen LogP contribution in [-0.4, -0.2) is 19.5 Å². The van der Waals surface area contributed by atoms with Crippen LogP contribution in [0.15, 0.2) is 158 Å². The maximum absolute atomic E-state index is 5.19. The second-order valence-corrected chi connectivity index (χ2v) is 12.3. The van der Waals surface area contributed by atoms with Gasteiger partial charge in [-0.15, -0.1) is 11.3 Å². The molecule has 0 aliphatic heterocycles. The van der Waals surface area contributed by atoms with E-state index in [0.717, 1.165) is 77.5 Å². The number of para-hydroxylation sites is 3. The summed E-state index contributed by atoms with van der Waals surface area (Å²) in [7, 11) is 0. The highest BCUT2D eigenvalue weighted by Gasteiger charge is 2.18. The average Bonchev–Trinajstić information content (AvgIpc) is 3.71. The number of nitrogens with zero attached hydrogens (tertiary/aromatic N) is 4. The third-order valence-electron chi connectivity index (χ3n) is 8.42. The lowest BCUT2D eigenvalue weighted by atomic mass is 10.00. The fourth-order valence-electron chi connectivity index (χ4n) is 6.25. The van der Waals surface area contributed by atoms with Gasteiger partial charge in [-0.05, 0) is 53.6 Å². The Labute approximate surface area is 269 Å². The molecule has 0 atom stereocenters. The molecule has 46 heavy (non-hydrogen) atoms. The second-order valence-electron chi connectivity index (χ2n) is 11.3. The quantitative estimate of drug-likeness (QED) is 0.196. The van der Waals surface area contributed by atoms with Crippen molar-refractivity contribution in [3.8, 4) is 50.8 Å². The van der Waals surface area contributed by atoms with Crippen LogP contribution >= 0.6 is 11.3 Å². The van der Waals surface area contributed by atoms with E-state index >= 15 is 0 Å². The van der Waals surface area contributed by atoms with Gasteiger partial charge >= 0.3 is 0 Å². The van der Waals surface area contributed by atoms with Crippen LogP contribution in [0.5, 0.6) is 0 Å². The number of hydrogen-bond acceptors (Lipinski definition) is 4. The minimum atomic E-state index is 0.721. The van der Waals surface area contributed by atoms with E-state index in [4.69, 9.17) is 15.0 Å². The summed E-state index contributed by atoms with van der Waals surface area (Å²) in [4.78, 5) is 15.5. The second kappa shape index (κ2) is 10.9. The summed E-state index contributed by atoms with van der Waals surface area (Å²) >= 11 is 1.75. The van der Waals surface area contributed by atoms with Gasteiger partial charge in [-0.1, -0.05) is 115 Å². The Morgan fingerprint density at radius 3 is 1.93 bits per heavy atom. The molecule has 0 amide bonds. The monoisotopic (exact) mass is 606 g/mol. The SMILES string of the molecule is c1ccc(-c2nc(-c3cccc(-c4cccc(-c5nc6ccccc6n5-c5ccccc5)c4)c3)nc3c2sc2ccccc23)cc1. The van der Waals surface area contributed by atoms with Crippen LogP contribution in [0.25, 0.3) is 82.2 Å². The van der Waals surface area contributed by atoms with Crippen molar-refractivity contribution in [3.05, 3.63) is 158 Å². The maximum atomic E-state index is 5.19. The van der Waals surface area contributed by atoms with E-state index in [0.29, 0.717) is 0 Å². The number of benzene rings is 6. The molecule has 0 spiro atoms. The molecule has 0 saturated heterocycles. The zero-order valence-electron chi connectivity index (χ0n) is 24.7. The van der Waals surface area contributed by atoms with Crippen molar-refractivity contribution in [2.75, 3.05) is 0 Å². The van der Waals surface area contributed by atoms with Crippen molar-refractivity contribution < 1.29 is 0 Å². The molecule has 0 bridgehead atoms. The van der Waals surface area contributed by atoms with E-state index in [9.17, 15) is 0 Å². The lowest BCUT2D eigenvalue weighted by Crippen LogP contribution is -1.97. The fraction of sp³-hybridized carbons (Fsp3) is 0. The van der Waals surface area contributed by atoms with Crippen LogP contribution < -0.4 is 0 Å². The molecule has 0 radical (unpaired) electrons. The number of fused-ring (bicyclic) bond motifs is 4. The maximum Gasteiger partial charge on any atom is 0.160 e. The van der Waals surface area contributed by atoms with Gasteiger partial charge in [0.15, 0.2) is 5.82 Å². The van der Waals surface area contributed by atoms with Gasteiger partial charge in [-0.2, -0.15) is 0 Å². The van der Waals surface area contributed by atoms with Gasteiger partial charge in [-0.25, -0.2) is 15.0 Å². The highest BCUT2D eigenvalue weighted by molar-refractivity contribution is 7.26. The first-order chi connectivity index (χ1) is 22.8. The van der Waals surface area contributed by atoms with Gasteiger partial charge in [0.25, 0.3) is 0 Å². The van der Waals surface area contributed by atoms with Gasteiger partial charge in [0.2, 0.25) is 0 Å². The number of hydrogen-bond donors (Lipinski definition) is 0. The highest BCUT2D eigenvalue weighted by Crippen LogP contribution is 2.40. The molecule has 0 fully saturated rings. The smallest absolute Gasteiger partial charge is 0.160 e. The predicted molar refractivity (Wildman–Crippen MR) is 191 cm³/mol. The minimum Gasteiger partial charge on any atom is -0.292 e. The van der Waals surface area contributed by atoms with Gasteiger partial charge in [0.1, 0.15) is 5.82 Å². The van der Waals surface area contributed by atoms with Crippen LogP contribution in [-0.2, 0) is 0 Å². The summed E-state index contributed by atoms with van der Waals surface area (Å²) in [6.45, 7) is 0. The summed E-state index contributed by atoms with van der Waals surface area (Å²) < 4.78 is 4.57. The number of aromatic nitrogens is 4. The lowest BCUT2D eigenvalue weighted by Gasteiger charge is -2.11. The van der Waals surface area contributed by atoms with E-state index in [2.05, 4.69) is 144 Å². The summed E-state index contributed by atoms with van der Waals surface area (Å²) in [5, 5.41) is 1.16. The van der Waals surface area contributed by atoms with Gasteiger partial charge in [-0.3, -0.25) is 4.57 Å². The first-order valence-electron chi connectivity index (χ1n) is 15.3. The Balaban J connectivity index is 1.18. The lowest BCUT2D eigenvalue weighted by molar-refractivity contribution is 1.10. The molecule has 0 N–H and O–H groups in total. The van der Waals surface area contributed by atoms with E-state index in [-0.39, 0.29) is 0 Å². The van der Waals surface area contributed by atoms with E-state index < -0.39 is 0 Å². The largest absolute Gasteiger partial charge is 0.292 e. The first kappa shape index (κ1) is 26.5. The Bertz CT molecular complexity index is 2530. The normalized spacial score (nSPS) is 11.5. The molecular formula is C41H26N4S. The van der Waals surface area contributed by atoms with Crippen molar-refractivity contribution in [1.29, 1.82) is 0 Å². The summed E-state index contributed by atoms with van der Waals surface area (Å²) in [6, 6.07) is 54.8. The summed E-state index contributed by atoms with van der Waals surface area (Å²) in [6.07, 6.45) is 0. The van der Waals surface area contributed by atoms with Gasteiger partial charge in [0.05, 0.1) is 26.9 Å². The predicted octanol–water partition coefficient (Wildman–Crippen LogP) is 10.9. The molecule has 0 saturated carbocycles. The molecule has 5 heteroatoms. The van der Waals surface area contributed by atoms with Gasteiger partial charge < -0.3 is 0 Å². The van der Waals surface area contributed by atoms with Crippen LogP contribution in [0.3, 0.4) is 0 Å². The Kier molecular flexibility index (Phi) is 6.28. The molecular weight excluding hydrogens is 581 g/mol. The van der Waals surface area contributed by atoms with Crippen LogP contribution in [0, 0.1) is 0 Å². The third kappa shape index (κ3) is 4.48. The zero-order chi connectivity index (χ0) is 30.5. The van der Waals surface area contributed by atoms with Crippen LogP contribution in [0.1, 0.15) is 0 Å². The summed E-state index contributed by atoms with van der Waals surface area (Å²) in [5.74, 6) is 1.63. The fourth-order valence-corrected chi connectivity index (χ4v) is 7.40. The molecule has 3 aromatic heterocycles. The van der Waals surface area contributed by atoms with Gasteiger partial charge in [0, 0.05) is 32.5 Å². The first-order valence-corrected chi connectivity index (χ1v) is 16.1. The van der Waals surface area contributed by atoms with E-state index in [1.54, 1.807) is 11.3 Å². The van der Waals surface area contributed by atoms with Crippen LogP contribution in [0.2, 0.25) is 0 Å². The van der Waals surface area contributed by atoms with E-state index in [1.807, 2.05) is 18.2 Å². The molecule has 0 unspecified atom stereocenters.